The number of methoxy groups -OCH3 is 3. The summed E-state index contributed by atoms with van der Waals surface area (Å²) in [4.78, 5) is 17.6. The van der Waals surface area contributed by atoms with Crippen molar-refractivity contribution in [2.45, 2.75) is 18.6 Å². The third-order valence-corrected chi connectivity index (χ3v) is 10.5. The van der Waals surface area contributed by atoms with Gasteiger partial charge in [-0.15, -0.1) is 0 Å². The molecular formula is C50H44N2O6. The molecule has 1 aromatic heterocycles. The van der Waals surface area contributed by atoms with Gasteiger partial charge in [-0.05, 0) is 51.8 Å². The molecule has 1 amide bonds. The molecule has 0 aliphatic heterocycles. The van der Waals surface area contributed by atoms with Crippen molar-refractivity contribution in [3.8, 4) is 23.0 Å². The number of H-pyrrole nitrogens is 1. The Hall–Kier alpha value is -7.03. The fourth-order valence-electron chi connectivity index (χ4n) is 7.77. The molecule has 0 atom stereocenters. The number of rotatable bonds is 15. The molecule has 0 bridgehead atoms. The number of amides is 1. The second kappa shape index (κ2) is 17.0. The average molecular weight is 769 g/mol. The van der Waals surface area contributed by atoms with Crippen molar-refractivity contribution in [3.63, 3.8) is 0 Å². The number of hydrogen-bond acceptors (Lipinski definition) is 6. The number of fused-ring (bicyclic) bond motifs is 2. The van der Waals surface area contributed by atoms with Crippen molar-refractivity contribution in [1.29, 1.82) is 0 Å². The quantitative estimate of drug-likeness (QED) is 0.101. The number of aromatic nitrogens is 1. The van der Waals surface area contributed by atoms with Crippen molar-refractivity contribution in [2.24, 2.45) is 0 Å². The van der Waals surface area contributed by atoms with Crippen LogP contribution >= 0.6 is 0 Å². The Kier molecular flexibility index (Phi) is 11.1. The van der Waals surface area contributed by atoms with E-state index in [9.17, 15) is 4.79 Å². The summed E-state index contributed by atoms with van der Waals surface area (Å²) in [6, 6.07) is 54.7. The van der Waals surface area contributed by atoms with Crippen molar-refractivity contribution in [2.75, 3.05) is 33.3 Å². The van der Waals surface area contributed by atoms with Crippen LogP contribution in [0.1, 0.15) is 38.3 Å². The standard InChI is InChI=1S/C50H44N2O6/c1-54-45-31-35-30-43(51-46(35)48(56-3)47(45)55-2)49(53)52-42-32-44(57-33-34-18-8-4-9-19-34)41-27-17-16-26-39(41)40(42)28-29-58-50(36-20-10-5-11-21-36,37-22-12-6-13-23-37)38-24-14-7-15-25-38/h4-27,30-32,51H,28-29,33H2,1-3H3,(H,52,53). The zero-order valence-electron chi connectivity index (χ0n) is 32.7. The highest BCUT2D eigenvalue weighted by Crippen LogP contribution is 2.44. The highest BCUT2D eigenvalue weighted by molar-refractivity contribution is 6.09. The maximum absolute atomic E-state index is 14.3. The number of aromatic amines is 1. The van der Waals surface area contributed by atoms with E-state index in [2.05, 4.69) is 58.8 Å². The summed E-state index contributed by atoms with van der Waals surface area (Å²) in [5.74, 6) is 1.68. The normalized spacial score (nSPS) is 11.4. The van der Waals surface area contributed by atoms with Gasteiger partial charge in [0.15, 0.2) is 11.5 Å². The van der Waals surface area contributed by atoms with Gasteiger partial charge >= 0.3 is 0 Å². The van der Waals surface area contributed by atoms with Gasteiger partial charge in [0.25, 0.3) is 5.91 Å². The monoisotopic (exact) mass is 768 g/mol. The van der Waals surface area contributed by atoms with Crippen LogP contribution in [0.15, 0.2) is 164 Å². The van der Waals surface area contributed by atoms with Gasteiger partial charge in [-0.25, -0.2) is 0 Å². The van der Waals surface area contributed by atoms with Crippen LogP contribution in [0.25, 0.3) is 21.7 Å². The largest absolute Gasteiger partial charge is 0.493 e. The van der Waals surface area contributed by atoms with Gasteiger partial charge in [0.05, 0.1) is 33.5 Å². The molecule has 0 aliphatic rings. The third-order valence-electron chi connectivity index (χ3n) is 10.5. The smallest absolute Gasteiger partial charge is 0.272 e. The molecule has 0 spiro atoms. The first-order chi connectivity index (χ1) is 28.5. The molecule has 1 heterocycles. The van der Waals surface area contributed by atoms with Crippen molar-refractivity contribution in [3.05, 3.63) is 197 Å². The van der Waals surface area contributed by atoms with Gasteiger partial charge < -0.3 is 34.0 Å². The lowest BCUT2D eigenvalue weighted by Crippen LogP contribution is -2.33. The molecule has 0 saturated heterocycles. The van der Waals surface area contributed by atoms with Crippen LogP contribution in [0.4, 0.5) is 5.69 Å². The Morgan fingerprint density at radius 3 is 1.72 bits per heavy atom. The minimum atomic E-state index is -0.909. The average Bonchev–Trinajstić information content (AvgIpc) is 3.72. The third kappa shape index (κ3) is 7.33. The van der Waals surface area contributed by atoms with Gasteiger partial charge in [-0.1, -0.05) is 146 Å². The number of nitrogens with one attached hydrogen (secondary N) is 2. The summed E-state index contributed by atoms with van der Waals surface area (Å²) in [5.41, 5.74) is 5.63. The van der Waals surface area contributed by atoms with Gasteiger partial charge in [0, 0.05) is 22.5 Å². The number of benzene rings is 7. The molecular weight excluding hydrogens is 725 g/mol. The second-order valence-corrected chi connectivity index (χ2v) is 13.8. The highest BCUT2D eigenvalue weighted by Gasteiger charge is 2.37. The molecule has 8 heteroatoms. The van der Waals surface area contributed by atoms with E-state index in [0.29, 0.717) is 59.5 Å². The predicted molar refractivity (Wildman–Crippen MR) is 229 cm³/mol. The van der Waals surface area contributed by atoms with E-state index in [4.69, 9.17) is 23.7 Å². The molecule has 7 aromatic carbocycles. The van der Waals surface area contributed by atoms with Gasteiger partial charge in [0.1, 0.15) is 23.7 Å². The Balaban J connectivity index is 1.21. The summed E-state index contributed by atoms with van der Waals surface area (Å²) in [6.07, 6.45) is 0.471. The van der Waals surface area contributed by atoms with E-state index >= 15 is 0 Å². The number of anilines is 1. The fraction of sp³-hybridized carbons (Fsp3) is 0.140. The van der Waals surface area contributed by atoms with Gasteiger partial charge in [-0.3, -0.25) is 4.79 Å². The van der Waals surface area contributed by atoms with Gasteiger partial charge in [-0.2, -0.15) is 0 Å². The lowest BCUT2D eigenvalue weighted by molar-refractivity contribution is 0.0149. The summed E-state index contributed by atoms with van der Waals surface area (Å²) in [7, 11) is 4.67. The Morgan fingerprint density at radius 1 is 0.603 bits per heavy atom. The van der Waals surface area contributed by atoms with Crippen LogP contribution < -0.4 is 24.3 Å². The Labute approximate surface area is 337 Å². The van der Waals surface area contributed by atoms with Crippen LogP contribution in [-0.2, 0) is 23.4 Å². The highest BCUT2D eigenvalue weighted by atomic mass is 16.5. The van der Waals surface area contributed by atoms with E-state index in [1.54, 1.807) is 27.4 Å². The van der Waals surface area contributed by atoms with Crippen molar-refractivity contribution >= 4 is 33.3 Å². The molecule has 0 radical (unpaired) electrons. The second-order valence-electron chi connectivity index (χ2n) is 13.8. The topological polar surface area (TPSA) is 91.0 Å². The minimum absolute atomic E-state index is 0.318. The molecule has 8 nitrogen and oxygen atoms in total. The van der Waals surface area contributed by atoms with Gasteiger partial charge in [0.2, 0.25) is 5.75 Å². The molecule has 58 heavy (non-hydrogen) atoms. The number of hydrogen-bond donors (Lipinski definition) is 2. The SMILES string of the molecule is COc1cc2cc(C(=O)Nc3cc(OCc4ccccc4)c4ccccc4c3CCOC(c3ccccc3)(c3ccccc3)c3ccccc3)[nH]c2c(OC)c1OC. The zero-order valence-corrected chi connectivity index (χ0v) is 32.7. The lowest BCUT2D eigenvalue weighted by atomic mass is 9.80. The molecule has 0 aliphatic carbocycles. The predicted octanol–water partition coefficient (Wildman–Crippen LogP) is 10.7. The first kappa shape index (κ1) is 37.9. The van der Waals surface area contributed by atoms with Crippen LogP contribution in [0.3, 0.4) is 0 Å². The van der Waals surface area contributed by atoms with Crippen LogP contribution in [0.2, 0.25) is 0 Å². The number of carbonyl (C=O) groups excluding carboxylic acids is 1. The first-order valence-corrected chi connectivity index (χ1v) is 19.2. The lowest BCUT2D eigenvalue weighted by Gasteiger charge is -2.36. The molecule has 290 valence electrons. The summed E-state index contributed by atoms with van der Waals surface area (Å²) < 4.78 is 30.7. The summed E-state index contributed by atoms with van der Waals surface area (Å²) >= 11 is 0. The summed E-state index contributed by atoms with van der Waals surface area (Å²) in [6.45, 7) is 0.679. The molecule has 0 fully saturated rings. The first-order valence-electron chi connectivity index (χ1n) is 19.2. The molecule has 8 rings (SSSR count). The van der Waals surface area contributed by atoms with E-state index in [0.717, 1.165) is 44.0 Å². The maximum atomic E-state index is 14.3. The Bertz CT molecular complexity index is 2550. The fourth-order valence-corrected chi connectivity index (χ4v) is 7.77. The van der Waals surface area contributed by atoms with E-state index in [1.165, 1.54) is 0 Å². The van der Waals surface area contributed by atoms with Crippen LogP contribution in [-0.4, -0.2) is 38.8 Å². The maximum Gasteiger partial charge on any atom is 0.272 e. The van der Waals surface area contributed by atoms with E-state index < -0.39 is 5.60 Å². The van der Waals surface area contributed by atoms with E-state index in [-0.39, 0.29) is 5.91 Å². The van der Waals surface area contributed by atoms with E-state index in [1.807, 2.05) is 109 Å². The molecule has 2 N–H and O–H groups in total. The molecule has 0 saturated carbocycles. The van der Waals surface area contributed by atoms with Crippen LogP contribution in [0, 0.1) is 0 Å². The summed E-state index contributed by atoms with van der Waals surface area (Å²) in [5, 5.41) is 5.86. The van der Waals surface area contributed by atoms with Crippen molar-refractivity contribution in [1.82, 2.24) is 4.98 Å². The molecule has 0 unspecified atom stereocenters. The van der Waals surface area contributed by atoms with Crippen molar-refractivity contribution < 1.29 is 28.5 Å². The van der Waals surface area contributed by atoms with Crippen LogP contribution in [0.5, 0.6) is 23.0 Å². The number of ether oxygens (including phenoxy) is 5. The number of carbonyl (C=O) groups is 1. The molecule has 8 aromatic rings. The Morgan fingerprint density at radius 2 is 1.16 bits per heavy atom. The minimum Gasteiger partial charge on any atom is -0.493 e. The zero-order chi connectivity index (χ0) is 39.9.